The molecular formula is C31H36N2O3. The predicted octanol–water partition coefficient (Wildman–Crippen LogP) is 6.37. The largest absolute Gasteiger partial charge is 0.489 e. The molecule has 3 aromatic rings. The molecule has 0 unspecified atom stereocenters. The van der Waals surface area contributed by atoms with Gasteiger partial charge in [0.25, 0.3) is 5.91 Å². The maximum absolute atomic E-state index is 12.7. The van der Waals surface area contributed by atoms with Crippen LogP contribution in [0.2, 0.25) is 0 Å². The molecular weight excluding hydrogens is 448 g/mol. The van der Waals surface area contributed by atoms with E-state index >= 15 is 0 Å². The van der Waals surface area contributed by atoms with Crippen molar-refractivity contribution in [2.45, 2.75) is 52.1 Å². The minimum atomic E-state index is -0.393. The van der Waals surface area contributed by atoms with Crippen LogP contribution < -0.4 is 10.1 Å². The van der Waals surface area contributed by atoms with E-state index in [0.29, 0.717) is 36.9 Å². The lowest BCUT2D eigenvalue weighted by Gasteiger charge is -2.32. The number of rotatable bonds is 6. The first-order valence-corrected chi connectivity index (χ1v) is 12.7. The molecule has 1 aliphatic rings. The number of imide groups is 1. The molecule has 5 heteroatoms. The van der Waals surface area contributed by atoms with Crippen molar-refractivity contribution < 1.29 is 14.3 Å². The fourth-order valence-corrected chi connectivity index (χ4v) is 4.51. The third-order valence-corrected chi connectivity index (χ3v) is 6.83. The monoisotopic (exact) mass is 484 g/mol. The molecule has 1 fully saturated rings. The number of amides is 3. The summed E-state index contributed by atoms with van der Waals surface area (Å²) in [6.45, 7) is 8.47. The molecule has 3 aromatic carbocycles. The summed E-state index contributed by atoms with van der Waals surface area (Å²) >= 11 is 0. The van der Waals surface area contributed by atoms with Gasteiger partial charge < -0.3 is 9.64 Å². The summed E-state index contributed by atoms with van der Waals surface area (Å²) in [6.07, 6.45) is 2.91. The summed E-state index contributed by atoms with van der Waals surface area (Å²) in [5, 5.41) is 2.54. The molecule has 0 atom stereocenters. The Kier molecular flexibility index (Phi) is 8.09. The second kappa shape index (κ2) is 11.4. The number of nitrogens with zero attached hydrogens (tertiary/aromatic N) is 1. The molecule has 3 amide bonds. The highest BCUT2D eigenvalue weighted by Crippen LogP contribution is 2.25. The zero-order chi connectivity index (χ0) is 25.5. The van der Waals surface area contributed by atoms with Gasteiger partial charge in [0.1, 0.15) is 12.4 Å². The second-order valence-electron chi connectivity index (χ2n) is 10.6. The highest BCUT2D eigenvalue weighted by molar-refractivity contribution is 6.04. The highest BCUT2D eigenvalue weighted by Gasteiger charge is 2.24. The van der Waals surface area contributed by atoms with E-state index in [-0.39, 0.29) is 11.4 Å². The minimum Gasteiger partial charge on any atom is -0.489 e. The van der Waals surface area contributed by atoms with E-state index in [9.17, 15) is 9.59 Å². The van der Waals surface area contributed by atoms with Crippen LogP contribution in [0.5, 0.6) is 5.75 Å². The Labute approximate surface area is 214 Å². The van der Waals surface area contributed by atoms with Crippen molar-refractivity contribution in [3.8, 4) is 5.75 Å². The van der Waals surface area contributed by atoms with Crippen LogP contribution in [0.1, 0.15) is 60.7 Å². The summed E-state index contributed by atoms with van der Waals surface area (Å²) in [6, 6.07) is 25.4. The lowest BCUT2D eigenvalue weighted by molar-refractivity contribution is 0.0945. The van der Waals surface area contributed by atoms with Crippen molar-refractivity contribution in [1.82, 2.24) is 10.2 Å². The molecule has 1 aliphatic heterocycles. The van der Waals surface area contributed by atoms with Gasteiger partial charge >= 0.3 is 6.03 Å². The first kappa shape index (κ1) is 25.5. The molecule has 5 nitrogen and oxygen atoms in total. The number of urea groups is 1. The number of hydrogen-bond donors (Lipinski definition) is 1. The number of carbonyl (C=O) groups excluding carboxylic acids is 2. The maximum atomic E-state index is 12.7. The molecule has 0 aliphatic carbocycles. The SMILES string of the molecule is CC(C)(C)c1ccc(CC2CCN(C(=O)NC(=O)c3ccc(OCc4ccccc4)cc3)CC2)cc1. The first-order chi connectivity index (χ1) is 17.3. The summed E-state index contributed by atoms with van der Waals surface area (Å²) < 4.78 is 5.77. The molecule has 4 rings (SSSR count). The molecule has 1 N–H and O–H groups in total. The van der Waals surface area contributed by atoms with Gasteiger partial charge in [0.15, 0.2) is 0 Å². The van der Waals surface area contributed by atoms with Gasteiger partial charge in [0.05, 0.1) is 0 Å². The maximum Gasteiger partial charge on any atom is 0.324 e. The van der Waals surface area contributed by atoms with E-state index in [4.69, 9.17) is 4.74 Å². The van der Waals surface area contributed by atoms with Crippen molar-refractivity contribution in [3.63, 3.8) is 0 Å². The van der Waals surface area contributed by atoms with Crippen LogP contribution in [0.15, 0.2) is 78.9 Å². The number of benzene rings is 3. The fraction of sp³-hybridized carbons (Fsp3) is 0.355. The predicted molar refractivity (Wildman–Crippen MR) is 143 cm³/mol. The van der Waals surface area contributed by atoms with Crippen LogP contribution in [-0.2, 0) is 18.4 Å². The topological polar surface area (TPSA) is 58.6 Å². The normalized spacial score (nSPS) is 14.4. The third-order valence-electron chi connectivity index (χ3n) is 6.83. The zero-order valence-electron chi connectivity index (χ0n) is 21.5. The minimum absolute atomic E-state index is 0.160. The average molecular weight is 485 g/mol. The van der Waals surface area contributed by atoms with Crippen molar-refractivity contribution in [3.05, 3.63) is 101 Å². The summed E-state index contributed by atoms with van der Waals surface area (Å²) in [5.41, 5.74) is 4.36. The van der Waals surface area contributed by atoms with E-state index in [1.165, 1.54) is 11.1 Å². The van der Waals surface area contributed by atoms with Crippen LogP contribution in [0.4, 0.5) is 4.79 Å². The summed E-state index contributed by atoms with van der Waals surface area (Å²) in [7, 11) is 0. The zero-order valence-corrected chi connectivity index (χ0v) is 21.5. The standard InChI is InChI=1S/C31H36N2O3/c1-31(2,3)27-13-9-23(10-14-27)21-24-17-19-33(20-18-24)30(35)32-29(34)26-11-15-28(16-12-26)36-22-25-7-5-4-6-8-25/h4-16,24H,17-22H2,1-3H3,(H,32,34,35). The number of piperidine rings is 1. The first-order valence-electron chi connectivity index (χ1n) is 12.7. The van der Waals surface area contributed by atoms with Crippen molar-refractivity contribution >= 4 is 11.9 Å². The fourth-order valence-electron chi connectivity index (χ4n) is 4.51. The van der Waals surface area contributed by atoms with Crippen molar-refractivity contribution in [2.75, 3.05) is 13.1 Å². The van der Waals surface area contributed by atoms with Gasteiger partial charge in [0, 0.05) is 18.7 Å². The van der Waals surface area contributed by atoms with E-state index < -0.39 is 5.91 Å². The smallest absolute Gasteiger partial charge is 0.324 e. The Morgan fingerprint density at radius 3 is 2.11 bits per heavy atom. The molecule has 0 saturated carbocycles. The highest BCUT2D eigenvalue weighted by atomic mass is 16.5. The van der Waals surface area contributed by atoms with E-state index in [2.05, 4.69) is 50.4 Å². The Morgan fingerprint density at radius 2 is 1.50 bits per heavy atom. The average Bonchev–Trinajstić information content (AvgIpc) is 2.88. The summed E-state index contributed by atoms with van der Waals surface area (Å²) in [4.78, 5) is 27.0. The Bertz CT molecular complexity index is 1140. The lowest BCUT2D eigenvalue weighted by Crippen LogP contribution is -2.46. The Balaban J connectivity index is 1.21. The van der Waals surface area contributed by atoms with Gasteiger partial charge in [0.2, 0.25) is 0 Å². The Hall–Kier alpha value is -3.60. The molecule has 1 saturated heterocycles. The van der Waals surface area contributed by atoms with Crippen LogP contribution in [-0.4, -0.2) is 29.9 Å². The van der Waals surface area contributed by atoms with Gasteiger partial charge in [-0.2, -0.15) is 0 Å². The van der Waals surface area contributed by atoms with E-state index in [1.54, 1.807) is 29.2 Å². The molecule has 1 heterocycles. The van der Waals surface area contributed by atoms with Crippen molar-refractivity contribution in [1.29, 1.82) is 0 Å². The number of ether oxygens (including phenoxy) is 1. The number of likely N-dealkylation sites (tertiary alicyclic amines) is 1. The van der Waals surface area contributed by atoms with Gasteiger partial charge in [-0.05, 0) is 71.6 Å². The van der Waals surface area contributed by atoms with E-state index in [0.717, 1.165) is 24.8 Å². The molecule has 0 bridgehead atoms. The Morgan fingerprint density at radius 1 is 0.861 bits per heavy atom. The molecule has 36 heavy (non-hydrogen) atoms. The van der Waals surface area contributed by atoms with Crippen LogP contribution in [0.25, 0.3) is 0 Å². The molecule has 0 spiro atoms. The quantitative estimate of drug-likeness (QED) is 0.442. The molecule has 0 aromatic heterocycles. The van der Waals surface area contributed by atoms with Gasteiger partial charge in [-0.25, -0.2) is 4.79 Å². The third kappa shape index (κ3) is 6.97. The number of nitrogens with one attached hydrogen (secondary N) is 1. The molecule has 188 valence electrons. The second-order valence-corrected chi connectivity index (χ2v) is 10.6. The van der Waals surface area contributed by atoms with Gasteiger partial charge in [-0.3, -0.25) is 10.1 Å². The lowest BCUT2D eigenvalue weighted by atomic mass is 9.85. The number of hydrogen-bond acceptors (Lipinski definition) is 3. The van der Waals surface area contributed by atoms with Crippen molar-refractivity contribution in [2.24, 2.45) is 5.92 Å². The van der Waals surface area contributed by atoms with E-state index in [1.807, 2.05) is 30.3 Å². The van der Waals surface area contributed by atoms with Gasteiger partial charge in [-0.15, -0.1) is 0 Å². The molecule has 0 radical (unpaired) electrons. The number of carbonyl (C=O) groups is 2. The van der Waals surface area contributed by atoms with Gasteiger partial charge in [-0.1, -0.05) is 75.4 Å². The summed E-state index contributed by atoms with van der Waals surface area (Å²) in [5.74, 6) is 0.834. The van der Waals surface area contributed by atoms with Crippen LogP contribution >= 0.6 is 0 Å². The van der Waals surface area contributed by atoms with Crippen LogP contribution in [0, 0.1) is 5.92 Å². The van der Waals surface area contributed by atoms with Crippen LogP contribution in [0.3, 0.4) is 0 Å².